The number of ether oxygens (including phenoxy) is 1. The largest absolute Gasteiger partial charge is 0.479 e. The molecule has 5 nitrogen and oxygen atoms in total. The molecule has 0 fully saturated rings. The molecule has 0 radical (unpaired) electrons. The molecule has 19 heavy (non-hydrogen) atoms. The van der Waals surface area contributed by atoms with Crippen molar-refractivity contribution < 1.29 is 4.74 Å². The number of aromatic nitrogens is 2. The summed E-state index contributed by atoms with van der Waals surface area (Å²) in [6.45, 7) is 5.00. The predicted octanol–water partition coefficient (Wildman–Crippen LogP) is 2.54. The van der Waals surface area contributed by atoms with Crippen molar-refractivity contribution in [2.75, 3.05) is 17.7 Å². The lowest BCUT2D eigenvalue weighted by Crippen LogP contribution is -2.31. The molecule has 0 bridgehead atoms. The van der Waals surface area contributed by atoms with Crippen molar-refractivity contribution in [3.05, 3.63) is 28.7 Å². The fourth-order valence-electron chi connectivity index (χ4n) is 1.83. The first-order chi connectivity index (χ1) is 9.13. The summed E-state index contributed by atoms with van der Waals surface area (Å²) < 4.78 is 5.15. The number of thiophene rings is 1. The first kappa shape index (κ1) is 13.6. The Kier molecular flexibility index (Phi) is 4.21. The standard InChI is InChI=1S/C13H18N4OS/c1-9(2)17(7-10-5-4-6-19-10)12-11(14)13(18-3)16-8-15-12/h4-6,8-9H,7,14H2,1-3H3. The van der Waals surface area contributed by atoms with E-state index in [1.807, 2.05) is 6.07 Å². The van der Waals surface area contributed by atoms with E-state index < -0.39 is 0 Å². The average Bonchev–Trinajstić information content (AvgIpc) is 2.89. The summed E-state index contributed by atoms with van der Waals surface area (Å²) >= 11 is 1.72. The first-order valence-corrected chi connectivity index (χ1v) is 6.95. The summed E-state index contributed by atoms with van der Waals surface area (Å²) in [5.74, 6) is 1.14. The Morgan fingerprint density at radius 1 is 1.42 bits per heavy atom. The number of nitrogen functional groups attached to an aromatic ring is 1. The van der Waals surface area contributed by atoms with Crippen LogP contribution in [-0.4, -0.2) is 23.1 Å². The molecule has 0 saturated carbocycles. The highest BCUT2D eigenvalue weighted by Gasteiger charge is 2.18. The third-order valence-corrected chi connectivity index (χ3v) is 3.68. The molecule has 2 aromatic heterocycles. The summed E-state index contributed by atoms with van der Waals surface area (Å²) in [6.07, 6.45) is 1.48. The Hall–Kier alpha value is -1.82. The molecule has 0 aliphatic rings. The van der Waals surface area contributed by atoms with Crippen LogP contribution >= 0.6 is 11.3 Å². The lowest BCUT2D eigenvalue weighted by Gasteiger charge is -2.28. The van der Waals surface area contributed by atoms with Crippen molar-refractivity contribution >= 4 is 22.8 Å². The smallest absolute Gasteiger partial charge is 0.242 e. The second-order valence-corrected chi connectivity index (χ2v) is 5.45. The van der Waals surface area contributed by atoms with Gasteiger partial charge >= 0.3 is 0 Å². The molecular weight excluding hydrogens is 260 g/mol. The van der Waals surface area contributed by atoms with Gasteiger partial charge in [0, 0.05) is 10.9 Å². The van der Waals surface area contributed by atoms with Crippen LogP contribution in [0.5, 0.6) is 5.88 Å². The van der Waals surface area contributed by atoms with Gasteiger partial charge in [-0.05, 0) is 25.3 Å². The highest BCUT2D eigenvalue weighted by molar-refractivity contribution is 7.09. The van der Waals surface area contributed by atoms with Crippen molar-refractivity contribution in [3.63, 3.8) is 0 Å². The predicted molar refractivity (Wildman–Crippen MR) is 78.6 cm³/mol. The van der Waals surface area contributed by atoms with Crippen LogP contribution in [0.25, 0.3) is 0 Å². The van der Waals surface area contributed by atoms with Crippen molar-refractivity contribution in [1.82, 2.24) is 9.97 Å². The van der Waals surface area contributed by atoms with Gasteiger partial charge in [0.05, 0.1) is 13.7 Å². The molecule has 0 amide bonds. The van der Waals surface area contributed by atoms with E-state index in [-0.39, 0.29) is 6.04 Å². The fraction of sp³-hybridized carbons (Fsp3) is 0.385. The van der Waals surface area contributed by atoms with Gasteiger partial charge < -0.3 is 15.4 Å². The number of rotatable bonds is 5. The summed E-state index contributed by atoms with van der Waals surface area (Å²) in [4.78, 5) is 11.7. The topological polar surface area (TPSA) is 64.3 Å². The molecule has 2 heterocycles. The molecule has 2 rings (SSSR count). The highest BCUT2D eigenvalue weighted by atomic mass is 32.1. The lowest BCUT2D eigenvalue weighted by atomic mass is 10.2. The quantitative estimate of drug-likeness (QED) is 0.910. The van der Waals surface area contributed by atoms with Gasteiger partial charge in [0.25, 0.3) is 0 Å². The molecule has 102 valence electrons. The maximum Gasteiger partial charge on any atom is 0.242 e. The normalized spacial score (nSPS) is 10.7. The number of hydrogen-bond donors (Lipinski definition) is 1. The third-order valence-electron chi connectivity index (χ3n) is 2.82. The van der Waals surface area contributed by atoms with Crippen LogP contribution in [0.3, 0.4) is 0 Å². The Morgan fingerprint density at radius 2 is 2.21 bits per heavy atom. The SMILES string of the molecule is COc1ncnc(N(Cc2cccs2)C(C)C)c1N. The number of methoxy groups -OCH3 is 1. The van der Waals surface area contributed by atoms with Crippen molar-refractivity contribution in [2.24, 2.45) is 0 Å². The first-order valence-electron chi connectivity index (χ1n) is 6.07. The molecule has 0 aromatic carbocycles. The number of nitrogens with two attached hydrogens (primary N) is 1. The zero-order valence-corrected chi connectivity index (χ0v) is 12.1. The van der Waals surface area contributed by atoms with Crippen LogP contribution in [0.15, 0.2) is 23.8 Å². The minimum absolute atomic E-state index is 0.281. The maximum absolute atomic E-state index is 6.07. The zero-order valence-electron chi connectivity index (χ0n) is 11.3. The highest BCUT2D eigenvalue weighted by Crippen LogP contribution is 2.30. The van der Waals surface area contributed by atoms with Gasteiger partial charge in [0.1, 0.15) is 12.0 Å². The molecule has 0 spiro atoms. The van der Waals surface area contributed by atoms with Crippen LogP contribution < -0.4 is 15.4 Å². The van der Waals surface area contributed by atoms with E-state index in [9.17, 15) is 0 Å². The molecule has 2 N–H and O–H groups in total. The van der Waals surface area contributed by atoms with Gasteiger partial charge in [-0.3, -0.25) is 0 Å². The molecular formula is C13H18N4OS. The van der Waals surface area contributed by atoms with E-state index in [2.05, 4.69) is 40.2 Å². The van der Waals surface area contributed by atoms with Gasteiger partial charge in [-0.25, -0.2) is 4.98 Å². The monoisotopic (exact) mass is 278 g/mol. The zero-order chi connectivity index (χ0) is 13.8. The maximum atomic E-state index is 6.07. The molecule has 6 heteroatoms. The summed E-state index contributed by atoms with van der Waals surface area (Å²) in [6, 6.07) is 4.43. The summed E-state index contributed by atoms with van der Waals surface area (Å²) in [5, 5.41) is 2.07. The van der Waals surface area contributed by atoms with E-state index in [1.165, 1.54) is 11.2 Å². The van der Waals surface area contributed by atoms with Crippen molar-refractivity contribution in [1.29, 1.82) is 0 Å². The van der Waals surface area contributed by atoms with E-state index in [4.69, 9.17) is 10.5 Å². The average molecular weight is 278 g/mol. The van der Waals surface area contributed by atoms with Gasteiger partial charge in [0.15, 0.2) is 5.82 Å². The lowest BCUT2D eigenvalue weighted by molar-refractivity contribution is 0.399. The minimum atomic E-state index is 0.281. The van der Waals surface area contributed by atoms with Crippen molar-refractivity contribution in [2.45, 2.75) is 26.4 Å². The van der Waals surface area contributed by atoms with Gasteiger partial charge in [-0.15, -0.1) is 11.3 Å². The Labute approximate surface area is 117 Å². The molecule has 2 aromatic rings. The second-order valence-electron chi connectivity index (χ2n) is 4.42. The van der Waals surface area contributed by atoms with E-state index in [1.54, 1.807) is 18.4 Å². The third kappa shape index (κ3) is 2.96. The van der Waals surface area contributed by atoms with Crippen molar-refractivity contribution in [3.8, 4) is 5.88 Å². The number of nitrogens with zero attached hydrogens (tertiary/aromatic N) is 3. The van der Waals surface area contributed by atoms with E-state index in [0.717, 1.165) is 12.4 Å². The van der Waals surface area contributed by atoms with Crippen LogP contribution in [-0.2, 0) is 6.54 Å². The summed E-state index contributed by atoms with van der Waals surface area (Å²) in [7, 11) is 1.56. The fourth-order valence-corrected chi connectivity index (χ4v) is 2.54. The Bertz CT molecular complexity index is 527. The molecule has 0 aliphatic carbocycles. The number of hydrogen-bond acceptors (Lipinski definition) is 6. The van der Waals surface area contributed by atoms with Crippen LogP contribution in [0, 0.1) is 0 Å². The Balaban J connectivity index is 2.34. The van der Waals surface area contributed by atoms with Crippen LogP contribution in [0.1, 0.15) is 18.7 Å². The van der Waals surface area contributed by atoms with Gasteiger partial charge in [-0.2, -0.15) is 4.98 Å². The van der Waals surface area contributed by atoms with Gasteiger partial charge in [-0.1, -0.05) is 6.07 Å². The molecule has 0 atom stereocenters. The van der Waals surface area contributed by atoms with Crippen LogP contribution in [0.2, 0.25) is 0 Å². The summed E-state index contributed by atoms with van der Waals surface area (Å²) in [5.41, 5.74) is 6.55. The molecule has 0 unspecified atom stereocenters. The minimum Gasteiger partial charge on any atom is -0.479 e. The molecule has 0 saturated heterocycles. The second kappa shape index (κ2) is 5.88. The van der Waals surface area contributed by atoms with E-state index >= 15 is 0 Å². The van der Waals surface area contributed by atoms with E-state index in [0.29, 0.717) is 11.6 Å². The van der Waals surface area contributed by atoms with Crippen LogP contribution in [0.4, 0.5) is 11.5 Å². The van der Waals surface area contributed by atoms with Gasteiger partial charge in [0.2, 0.25) is 5.88 Å². The Morgan fingerprint density at radius 3 is 2.79 bits per heavy atom. The number of anilines is 2. The molecule has 0 aliphatic heterocycles.